The van der Waals surface area contributed by atoms with Crippen molar-refractivity contribution in [3.05, 3.63) is 35.1 Å². The minimum Gasteiger partial charge on any atom is -0.330 e. The predicted octanol–water partition coefficient (Wildman–Crippen LogP) is 1.87. The molecule has 0 radical (unpaired) electrons. The van der Waals surface area contributed by atoms with Gasteiger partial charge in [-0.05, 0) is 25.1 Å². The molecule has 1 aromatic carbocycles. The molecule has 0 heterocycles. The molecule has 15 heavy (non-hydrogen) atoms. The molecule has 0 aromatic heterocycles. The molecule has 0 unspecified atom stereocenters. The molecular weight excluding hydrogens is 229 g/mol. The van der Waals surface area contributed by atoms with E-state index in [2.05, 4.69) is 0 Å². The van der Waals surface area contributed by atoms with Crippen molar-refractivity contribution in [1.29, 1.82) is 0 Å². The number of rotatable bonds is 3. The molecule has 6 heteroatoms. The summed E-state index contributed by atoms with van der Waals surface area (Å²) in [7, 11) is 0. The molecule has 0 aliphatic rings. The largest absolute Gasteiger partial charge is 0.330 e. The molecule has 0 spiro atoms. The number of hydrogen-bond acceptors (Lipinski definition) is 2. The maximum absolute atomic E-state index is 13.1. The third kappa shape index (κ3) is 3.09. The van der Waals surface area contributed by atoms with Crippen molar-refractivity contribution in [3.8, 4) is 0 Å². The Hall–Kier alpha value is -0.780. The lowest BCUT2D eigenvalue weighted by Crippen LogP contribution is -2.18. The molecule has 4 N–H and O–H groups in total. The summed E-state index contributed by atoms with van der Waals surface area (Å²) >= 11 is 0. The summed E-state index contributed by atoms with van der Waals surface area (Å²) < 4.78 is 38.9. The Kier molecular flexibility index (Phi) is 5.64. The first-order valence-electron chi connectivity index (χ1n) is 4.17. The molecule has 0 bridgehead atoms. The van der Waals surface area contributed by atoms with Crippen molar-refractivity contribution in [2.75, 3.05) is 6.54 Å². The fraction of sp³-hybridized carbons (Fsp3) is 0.333. The summed E-state index contributed by atoms with van der Waals surface area (Å²) in [5.74, 6) is -3.18. The Morgan fingerprint density at radius 1 is 1.13 bits per heavy atom. The van der Waals surface area contributed by atoms with Crippen LogP contribution in [0.1, 0.15) is 18.0 Å². The van der Waals surface area contributed by atoms with Gasteiger partial charge in [-0.25, -0.2) is 13.2 Å². The second-order valence-corrected chi connectivity index (χ2v) is 2.94. The zero-order valence-electron chi connectivity index (χ0n) is 7.84. The highest BCUT2D eigenvalue weighted by Crippen LogP contribution is 2.22. The fourth-order valence-corrected chi connectivity index (χ4v) is 1.21. The fourth-order valence-electron chi connectivity index (χ4n) is 1.21. The number of halogens is 4. The summed E-state index contributed by atoms with van der Waals surface area (Å²) in [5, 5.41) is 0. The van der Waals surface area contributed by atoms with Crippen LogP contribution >= 0.6 is 12.4 Å². The standard InChI is InChI=1S/C9H11F3N2.ClH/c10-5-1-2-6(11)9(12)8(5)7(14)3-4-13;/h1-2,7H,3-4,13-14H2;1H/t7-;/m0./s1. The lowest BCUT2D eigenvalue weighted by Gasteiger charge is -2.12. The molecule has 2 nitrogen and oxygen atoms in total. The van der Waals surface area contributed by atoms with E-state index in [0.29, 0.717) is 0 Å². The van der Waals surface area contributed by atoms with E-state index in [1.54, 1.807) is 0 Å². The quantitative estimate of drug-likeness (QED) is 0.793. The van der Waals surface area contributed by atoms with Crippen LogP contribution in [0.15, 0.2) is 12.1 Å². The van der Waals surface area contributed by atoms with Crippen LogP contribution in [0, 0.1) is 17.5 Å². The molecular formula is C9H12ClF3N2. The van der Waals surface area contributed by atoms with Gasteiger partial charge in [-0.15, -0.1) is 12.4 Å². The van der Waals surface area contributed by atoms with Gasteiger partial charge in [0.1, 0.15) is 5.82 Å². The van der Waals surface area contributed by atoms with Crippen LogP contribution in [-0.4, -0.2) is 6.54 Å². The molecule has 0 saturated carbocycles. The number of nitrogens with two attached hydrogens (primary N) is 2. The third-order valence-electron chi connectivity index (χ3n) is 1.93. The summed E-state index contributed by atoms with van der Waals surface area (Å²) in [4.78, 5) is 0. The molecule has 0 saturated heterocycles. The van der Waals surface area contributed by atoms with E-state index in [1.165, 1.54) is 0 Å². The third-order valence-corrected chi connectivity index (χ3v) is 1.93. The van der Waals surface area contributed by atoms with Crippen molar-refractivity contribution in [3.63, 3.8) is 0 Å². The molecule has 1 atom stereocenters. The van der Waals surface area contributed by atoms with Crippen molar-refractivity contribution >= 4 is 12.4 Å². The molecule has 0 aliphatic carbocycles. The van der Waals surface area contributed by atoms with Gasteiger partial charge in [-0.2, -0.15) is 0 Å². The Morgan fingerprint density at radius 3 is 2.20 bits per heavy atom. The second kappa shape index (κ2) is 5.95. The zero-order valence-corrected chi connectivity index (χ0v) is 8.66. The van der Waals surface area contributed by atoms with E-state index in [9.17, 15) is 13.2 Å². The predicted molar refractivity (Wildman–Crippen MR) is 54.2 cm³/mol. The maximum Gasteiger partial charge on any atom is 0.166 e. The van der Waals surface area contributed by atoms with Crippen LogP contribution < -0.4 is 11.5 Å². The van der Waals surface area contributed by atoms with Gasteiger partial charge in [0, 0.05) is 11.6 Å². The van der Waals surface area contributed by atoms with Gasteiger partial charge in [-0.3, -0.25) is 0 Å². The molecule has 1 rings (SSSR count). The van der Waals surface area contributed by atoms with E-state index in [4.69, 9.17) is 11.5 Å². The second-order valence-electron chi connectivity index (χ2n) is 2.94. The Morgan fingerprint density at radius 2 is 1.67 bits per heavy atom. The van der Waals surface area contributed by atoms with Crippen LogP contribution in [0.4, 0.5) is 13.2 Å². The van der Waals surface area contributed by atoms with Crippen molar-refractivity contribution in [1.82, 2.24) is 0 Å². The van der Waals surface area contributed by atoms with E-state index in [0.717, 1.165) is 12.1 Å². The SMILES string of the molecule is Cl.NCC[C@H](N)c1c(F)ccc(F)c1F. The first-order chi connectivity index (χ1) is 6.57. The minimum absolute atomic E-state index is 0. The maximum atomic E-state index is 13.1. The van der Waals surface area contributed by atoms with Crippen LogP contribution in [0.2, 0.25) is 0 Å². The highest BCUT2D eigenvalue weighted by Gasteiger charge is 2.19. The lowest BCUT2D eigenvalue weighted by molar-refractivity contribution is 0.460. The van der Waals surface area contributed by atoms with Crippen LogP contribution in [0.5, 0.6) is 0 Å². The van der Waals surface area contributed by atoms with Crippen molar-refractivity contribution in [2.45, 2.75) is 12.5 Å². The van der Waals surface area contributed by atoms with Crippen LogP contribution in [0.3, 0.4) is 0 Å². The Bertz CT molecular complexity index is 333. The minimum atomic E-state index is -1.23. The van der Waals surface area contributed by atoms with Crippen LogP contribution in [0.25, 0.3) is 0 Å². The summed E-state index contributed by atoms with van der Waals surface area (Å²) in [6.45, 7) is 0.191. The van der Waals surface area contributed by atoms with E-state index in [-0.39, 0.29) is 25.4 Å². The lowest BCUT2D eigenvalue weighted by atomic mass is 10.0. The van der Waals surface area contributed by atoms with Gasteiger partial charge >= 0.3 is 0 Å². The summed E-state index contributed by atoms with van der Waals surface area (Å²) in [5.41, 5.74) is 10.2. The van der Waals surface area contributed by atoms with E-state index < -0.39 is 29.1 Å². The van der Waals surface area contributed by atoms with Crippen LogP contribution in [-0.2, 0) is 0 Å². The molecule has 1 aromatic rings. The van der Waals surface area contributed by atoms with Gasteiger partial charge < -0.3 is 11.5 Å². The number of benzene rings is 1. The zero-order chi connectivity index (χ0) is 10.7. The smallest absolute Gasteiger partial charge is 0.166 e. The van der Waals surface area contributed by atoms with Crippen molar-refractivity contribution in [2.24, 2.45) is 11.5 Å². The molecule has 0 amide bonds. The van der Waals surface area contributed by atoms with Gasteiger partial charge in [0.15, 0.2) is 11.6 Å². The first-order valence-corrected chi connectivity index (χ1v) is 4.17. The summed E-state index contributed by atoms with van der Waals surface area (Å²) in [6.07, 6.45) is 0.206. The molecule has 0 aliphatic heterocycles. The van der Waals surface area contributed by atoms with Gasteiger partial charge in [0.2, 0.25) is 0 Å². The van der Waals surface area contributed by atoms with Gasteiger partial charge in [-0.1, -0.05) is 0 Å². The highest BCUT2D eigenvalue weighted by atomic mass is 35.5. The highest BCUT2D eigenvalue weighted by molar-refractivity contribution is 5.85. The summed E-state index contributed by atoms with van der Waals surface area (Å²) in [6, 6.07) is 0.670. The molecule has 0 fully saturated rings. The van der Waals surface area contributed by atoms with E-state index >= 15 is 0 Å². The van der Waals surface area contributed by atoms with Gasteiger partial charge in [0.25, 0.3) is 0 Å². The normalized spacial score (nSPS) is 12.1. The first kappa shape index (κ1) is 14.2. The monoisotopic (exact) mass is 240 g/mol. The van der Waals surface area contributed by atoms with Gasteiger partial charge in [0.05, 0.1) is 0 Å². The Labute approximate surface area is 91.9 Å². The van der Waals surface area contributed by atoms with Crippen molar-refractivity contribution < 1.29 is 13.2 Å². The average Bonchev–Trinajstić information content (AvgIpc) is 2.13. The average molecular weight is 241 g/mol. The molecule has 86 valence electrons. The van der Waals surface area contributed by atoms with E-state index in [1.807, 2.05) is 0 Å². The Balaban J connectivity index is 0.00000196. The number of hydrogen-bond donors (Lipinski definition) is 2. The topological polar surface area (TPSA) is 52.0 Å².